The minimum Gasteiger partial charge on any atom is -0.379 e. The van der Waals surface area contributed by atoms with Crippen molar-refractivity contribution in [3.05, 3.63) is 67.9 Å². The van der Waals surface area contributed by atoms with E-state index in [0.717, 1.165) is 5.56 Å². The van der Waals surface area contributed by atoms with Crippen LogP contribution in [0.2, 0.25) is 0 Å². The molecule has 0 saturated heterocycles. The van der Waals surface area contributed by atoms with Crippen LogP contribution in [0.3, 0.4) is 0 Å². The van der Waals surface area contributed by atoms with Gasteiger partial charge in [-0.2, -0.15) is 0 Å². The number of anilines is 1. The second-order valence-electron chi connectivity index (χ2n) is 4.38. The van der Waals surface area contributed by atoms with Crippen molar-refractivity contribution in [1.29, 1.82) is 0 Å². The molecule has 2 aromatic carbocycles. The first kappa shape index (κ1) is 14.5. The third kappa shape index (κ3) is 3.33. The van der Waals surface area contributed by atoms with Crippen LogP contribution in [0.4, 0.5) is 15.8 Å². The molecule has 0 bridgehead atoms. The second kappa shape index (κ2) is 6.00. The van der Waals surface area contributed by atoms with Crippen molar-refractivity contribution in [1.82, 2.24) is 0 Å². The highest BCUT2D eigenvalue weighted by atomic mass is 79.9. The first-order valence-corrected chi connectivity index (χ1v) is 6.69. The first-order chi connectivity index (χ1) is 9.47. The zero-order valence-electron chi connectivity index (χ0n) is 10.7. The number of aryl methyl sites for hydroxylation is 1. The quantitative estimate of drug-likeness (QED) is 0.663. The summed E-state index contributed by atoms with van der Waals surface area (Å²) in [5.74, 6) is -0.336. The van der Waals surface area contributed by atoms with E-state index in [1.807, 2.05) is 6.92 Å². The Morgan fingerprint density at radius 1 is 1.30 bits per heavy atom. The maximum atomic E-state index is 13.6. The number of nitrogens with one attached hydrogen (secondary N) is 1. The SMILES string of the molecule is Cc1ccc(NCc2ccc(Br)c([N+](=O)[O-])c2)c(F)c1. The highest BCUT2D eigenvalue weighted by Gasteiger charge is 2.12. The minimum absolute atomic E-state index is 0.00585. The summed E-state index contributed by atoms with van der Waals surface area (Å²) >= 11 is 3.12. The number of halogens is 2. The Bertz CT molecular complexity index is 662. The van der Waals surface area contributed by atoms with Crippen molar-refractivity contribution in [2.75, 3.05) is 5.32 Å². The third-order valence-electron chi connectivity index (χ3n) is 2.81. The van der Waals surface area contributed by atoms with E-state index < -0.39 is 4.92 Å². The maximum Gasteiger partial charge on any atom is 0.283 e. The van der Waals surface area contributed by atoms with Gasteiger partial charge in [-0.3, -0.25) is 10.1 Å². The van der Waals surface area contributed by atoms with E-state index in [0.29, 0.717) is 22.3 Å². The molecular formula is C14H12BrFN2O2. The van der Waals surface area contributed by atoms with Crippen LogP contribution in [0.25, 0.3) is 0 Å². The summed E-state index contributed by atoms with van der Waals surface area (Å²) in [6, 6.07) is 9.71. The summed E-state index contributed by atoms with van der Waals surface area (Å²) in [5, 5.41) is 13.8. The molecule has 0 saturated carbocycles. The van der Waals surface area contributed by atoms with Crippen molar-refractivity contribution in [3.63, 3.8) is 0 Å². The van der Waals surface area contributed by atoms with E-state index in [1.54, 1.807) is 24.3 Å². The molecule has 2 aromatic rings. The van der Waals surface area contributed by atoms with Gasteiger partial charge in [0.25, 0.3) is 5.69 Å². The van der Waals surface area contributed by atoms with Crippen LogP contribution in [0.1, 0.15) is 11.1 Å². The van der Waals surface area contributed by atoms with Gasteiger partial charge in [-0.05, 0) is 52.2 Å². The van der Waals surface area contributed by atoms with Crippen LogP contribution >= 0.6 is 15.9 Å². The summed E-state index contributed by atoms with van der Waals surface area (Å²) in [6.07, 6.45) is 0. The fraction of sp³-hybridized carbons (Fsp3) is 0.143. The molecule has 104 valence electrons. The van der Waals surface area contributed by atoms with Gasteiger partial charge in [0.1, 0.15) is 5.82 Å². The molecule has 0 radical (unpaired) electrons. The predicted molar refractivity (Wildman–Crippen MR) is 79.3 cm³/mol. The summed E-state index contributed by atoms with van der Waals surface area (Å²) in [6.45, 7) is 2.12. The largest absolute Gasteiger partial charge is 0.379 e. The predicted octanol–water partition coefficient (Wildman–Crippen LogP) is 4.42. The number of nitro benzene ring substituents is 1. The van der Waals surface area contributed by atoms with E-state index in [9.17, 15) is 14.5 Å². The number of rotatable bonds is 4. The lowest BCUT2D eigenvalue weighted by atomic mass is 10.2. The topological polar surface area (TPSA) is 55.2 Å². The summed E-state index contributed by atoms with van der Waals surface area (Å²) < 4.78 is 14.1. The number of nitro groups is 1. The highest BCUT2D eigenvalue weighted by Crippen LogP contribution is 2.26. The molecule has 0 fully saturated rings. The van der Waals surface area contributed by atoms with Crippen molar-refractivity contribution in [2.24, 2.45) is 0 Å². The molecule has 0 amide bonds. The maximum absolute atomic E-state index is 13.6. The van der Waals surface area contributed by atoms with Crippen molar-refractivity contribution < 1.29 is 9.31 Å². The van der Waals surface area contributed by atoms with E-state index >= 15 is 0 Å². The third-order valence-corrected chi connectivity index (χ3v) is 3.49. The first-order valence-electron chi connectivity index (χ1n) is 5.90. The lowest BCUT2D eigenvalue weighted by Crippen LogP contribution is -2.02. The molecule has 0 heterocycles. The molecule has 1 N–H and O–H groups in total. The minimum atomic E-state index is -0.458. The van der Waals surface area contributed by atoms with Gasteiger partial charge in [0.05, 0.1) is 15.1 Å². The van der Waals surface area contributed by atoms with Crippen LogP contribution in [0.15, 0.2) is 40.9 Å². The van der Waals surface area contributed by atoms with Gasteiger partial charge in [-0.1, -0.05) is 12.1 Å². The van der Waals surface area contributed by atoms with Crippen LogP contribution in [-0.2, 0) is 6.54 Å². The van der Waals surface area contributed by atoms with Crippen molar-refractivity contribution in [3.8, 4) is 0 Å². The molecule has 0 spiro atoms. The Kier molecular flexibility index (Phi) is 4.34. The molecule has 6 heteroatoms. The van der Waals surface area contributed by atoms with E-state index in [1.165, 1.54) is 12.1 Å². The fourth-order valence-corrected chi connectivity index (χ4v) is 2.16. The average Bonchev–Trinajstić information content (AvgIpc) is 2.39. The molecule has 0 aliphatic carbocycles. The molecule has 20 heavy (non-hydrogen) atoms. The van der Waals surface area contributed by atoms with Crippen LogP contribution in [0, 0.1) is 22.9 Å². The van der Waals surface area contributed by atoms with Crippen LogP contribution < -0.4 is 5.32 Å². The number of hydrogen-bond acceptors (Lipinski definition) is 3. The van der Waals surface area contributed by atoms with E-state index in [-0.39, 0.29) is 11.5 Å². The Morgan fingerprint density at radius 3 is 2.70 bits per heavy atom. The lowest BCUT2D eigenvalue weighted by molar-refractivity contribution is -0.385. The van der Waals surface area contributed by atoms with Crippen LogP contribution in [-0.4, -0.2) is 4.92 Å². The highest BCUT2D eigenvalue weighted by molar-refractivity contribution is 9.10. The lowest BCUT2D eigenvalue weighted by Gasteiger charge is -2.08. The number of hydrogen-bond donors (Lipinski definition) is 1. The molecule has 2 rings (SSSR count). The number of nitrogens with zero attached hydrogens (tertiary/aromatic N) is 1. The van der Waals surface area contributed by atoms with Gasteiger partial charge < -0.3 is 5.32 Å². The van der Waals surface area contributed by atoms with Gasteiger partial charge in [0, 0.05) is 12.6 Å². The average molecular weight is 339 g/mol. The Hall–Kier alpha value is -1.95. The van der Waals surface area contributed by atoms with Crippen molar-refractivity contribution in [2.45, 2.75) is 13.5 Å². The smallest absolute Gasteiger partial charge is 0.283 e. The summed E-state index contributed by atoms with van der Waals surface area (Å²) in [5.41, 5.74) is 1.92. The molecule has 0 aromatic heterocycles. The van der Waals surface area contributed by atoms with Crippen molar-refractivity contribution >= 4 is 27.3 Å². The zero-order valence-corrected chi connectivity index (χ0v) is 12.3. The summed E-state index contributed by atoms with van der Waals surface area (Å²) in [4.78, 5) is 10.4. The van der Waals surface area contributed by atoms with Crippen LogP contribution in [0.5, 0.6) is 0 Å². The normalized spacial score (nSPS) is 10.3. The second-order valence-corrected chi connectivity index (χ2v) is 5.23. The van der Waals surface area contributed by atoms with E-state index in [4.69, 9.17) is 0 Å². The Balaban J connectivity index is 2.15. The molecule has 4 nitrogen and oxygen atoms in total. The van der Waals surface area contributed by atoms with Gasteiger partial charge in [0.2, 0.25) is 0 Å². The fourth-order valence-electron chi connectivity index (χ4n) is 1.77. The standard InChI is InChI=1S/C14H12BrFN2O2/c1-9-2-5-13(12(16)6-9)17-8-10-3-4-11(15)14(7-10)18(19)20/h2-7,17H,8H2,1H3. The van der Waals surface area contributed by atoms with Gasteiger partial charge in [-0.25, -0.2) is 4.39 Å². The number of benzene rings is 2. The van der Waals surface area contributed by atoms with Gasteiger partial charge in [-0.15, -0.1) is 0 Å². The zero-order chi connectivity index (χ0) is 14.7. The Morgan fingerprint density at radius 2 is 2.05 bits per heavy atom. The molecule has 0 atom stereocenters. The van der Waals surface area contributed by atoms with E-state index in [2.05, 4.69) is 21.2 Å². The molecule has 0 aliphatic rings. The van der Waals surface area contributed by atoms with Gasteiger partial charge in [0.15, 0.2) is 0 Å². The monoisotopic (exact) mass is 338 g/mol. The molecular weight excluding hydrogens is 327 g/mol. The Labute approximate surface area is 123 Å². The molecule has 0 unspecified atom stereocenters. The molecule has 0 aliphatic heterocycles. The summed E-state index contributed by atoms with van der Waals surface area (Å²) in [7, 11) is 0. The van der Waals surface area contributed by atoms with Gasteiger partial charge >= 0.3 is 0 Å².